The fourth-order valence-corrected chi connectivity index (χ4v) is 1.73. The van der Waals surface area contributed by atoms with Crippen molar-refractivity contribution in [3.05, 3.63) is 58.3 Å². The molecule has 0 unspecified atom stereocenters. The molecule has 0 aliphatic rings. The van der Waals surface area contributed by atoms with Gasteiger partial charge in [0.1, 0.15) is 5.75 Å². The number of carbonyl (C=O) groups is 1. The number of halogens is 2. The van der Waals surface area contributed by atoms with E-state index in [4.69, 9.17) is 9.84 Å². The lowest BCUT2D eigenvalue weighted by Gasteiger charge is -2.08. The second-order valence-corrected chi connectivity index (χ2v) is 4.34. The van der Waals surface area contributed by atoms with Crippen LogP contribution in [0.15, 0.2) is 46.9 Å². The lowest BCUT2D eigenvalue weighted by Crippen LogP contribution is -1.98. The summed E-state index contributed by atoms with van der Waals surface area (Å²) in [5, 5.41) is 8.72. The zero-order chi connectivity index (χ0) is 13.1. The van der Waals surface area contributed by atoms with Crippen LogP contribution in [0.3, 0.4) is 0 Å². The molecule has 2 rings (SSSR count). The van der Waals surface area contributed by atoms with Crippen molar-refractivity contribution in [2.24, 2.45) is 0 Å². The lowest BCUT2D eigenvalue weighted by atomic mass is 10.2. The molecule has 0 spiro atoms. The van der Waals surface area contributed by atoms with Crippen LogP contribution in [0.4, 0.5) is 4.39 Å². The summed E-state index contributed by atoms with van der Waals surface area (Å²) >= 11 is 3.27. The van der Waals surface area contributed by atoms with Crippen LogP contribution in [-0.2, 0) is 0 Å². The van der Waals surface area contributed by atoms with Crippen LogP contribution in [0.25, 0.3) is 0 Å². The zero-order valence-corrected chi connectivity index (χ0v) is 10.6. The van der Waals surface area contributed by atoms with Crippen LogP contribution >= 0.6 is 15.9 Å². The molecular weight excluding hydrogens is 303 g/mol. The van der Waals surface area contributed by atoms with Gasteiger partial charge in [0.15, 0.2) is 11.6 Å². The summed E-state index contributed by atoms with van der Waals surface area (Å²) in [6, 6.07) is 10.5. The van der Waals surface area contributed by atoms with Crippen molar-refractivity contribution in [1.29, 1.82) is 0 Å². The maximum atomic E-state index is 13.6. The minimum Gasteiger partial charge on any atom is -0.478 e. The number of carboxylic acid groups (broad SMARTS) is 1. The van der Waals surface area contributed by atoms with Gasteiger partial charge in [0.05, 0.1) is 10.0 Å². The Balaban J connectivity index is 2.30. The summed E-state index contributed by atoms with van der Waals surface area (Å²) in [5.41, 5.74) is -0.119. The van der Waals surface area contributed by atoms with Gasteiger partial charge in [-0.15, -0.1) is 0 Å². The highest BCUT2D eigenvalue weighted by Crippen LogP contribution is 2.30. The molecular formula is C13H8BrFO3. The third kappa shape index (κ3) is 2.68. The number of para-hydroxylation sites is 1. The molecule has 0 bridgehead atoms. The largest absolute Gasteiger partial charge is 0.478 e. The van der Waals surface area contributed by atoms with Crippen molar-refractivity contribution in [3.8, 4) is 11.5 Å². The van der Waals surface area contributed by atoms with Crippen LogP contribution < -0.4 is 4.74 Å². The van der Waals surface area contributed by atoms with Crippen molar-refractivity contribution in [2.75, 3.05) is 0 Å². The molecule has 92 valence electrons. The van der Waals surface area contributed by atoms with Crippen molar-refractivity contribution in [3.63, 3.8) is 0 Å². The maximum absolute atomic E-state index is 13.6. The van der Waals surface area contributed by atoms with Crippen molar-refractivity contribution < 1.29 is 19.0 Å². The van der Waals surface area contributed by atoms with E-state index < -0.39 is 11.8 Å². The number of aromatic carboxylic acids is 1. The van der Waals surface area contributed by atoms with Crippen LogP contribution in [0.1, 0.15) is 10.4 Å². The highest BCUT2D eigenvalue weighted by molar-refractivity contribution is 9.10. The molecule has 0 atom stereocenters. The molecule has 18 heavy (non-hydrogen) atoms. The minimum atomic E-state index is -1.18. The molecule has 0 heterocycles. The first-order chi connectivity index (χ1) is 8.58. The van der Waals surface area contributed by atoms with Crippen molar-refractivity contribution >= 4 is 21.9 Å². The predicted octanol–water partition coefficient (Wildman–Crippen LogP) is 4.08. The number of rotatable bonds is 3. The summed E-state index contributed by atoms with van der Waals surface area (Å²) in [6.45, 7) is 0. The molecule has 5 heteroatoms. The van der Waals surface area contributed by atoms with Gasteiger partial charge in [-0.05, 0) is 46.3 Å². The molecule has 2 aromatic carbocycles. The Labute approximate surface area is 111 Å². The van der Waals surface area contributed by atoms with Crippen LogP contribution in [-0.4, -0.2) is 11.1 Å². The van der Waals surface area contributed by atoms with E-state index in [1.54, 1.807) is 24.3 Å². The Kier molecular flexibility index (Phi) is 3.62. The Morgan fingerprint density at radius 2 is 1.89 bits per heavy atom. The molecule has 0 aliphatic carbocycles. The number of benzene rings is 2. The van der Waals surface area contributed by atoms with E-state index in [2.05, 4.69) is 15.9 Å². The van der Waals surface area contributed by atoms with E-state index >= 15 is 0 Å². The summed E-state index contributed by atoms with van der Waals surface area (Å²) in [7, 11) is 0. The Bertz CT molecular complexity index is 599. The predicted molar refractivity (Wildman–Crippen MR) is 67.6 cm³/mol. The number of hydrogen-bond donors (Lipinski definition) is 1. The third-order valence-electron chi connectivity index (χ3n) is 2.24. The van der Waals surface area contributed by atoms with Gasteiger partial charge in [-0.25, -0.2) is 9.18 Å². The van der Waals surface area contributed by atoms with Crippen LogP contribution in [0.2, 0.25) is 0 Å². The first kappa shape index (κ1) is 12.6. The van der Waals surface area contributed by atoms with Gasteiger partial charge < -0.3 is 9.84 Å². The second-order valence-electron chi connectivity index (χ2n) is 3.48. The highest BCUT2D eigenvalue weighted by Gasteiger charge is 2.10. The highest BCUT2D eigenvalue weighted by atomic mass is 79.9. The van der Waals surface area contributed by atoms with Gasteiger partial charge in [-0.2, -0.15) is 0 Å². The van der Waals surface area contributed by atoms with E-state index in [0.717, 1.165) is 6.07 Å². The first-order valence-electron chi connectivity index (χ1n) is 5.03. The van der Waals surface area contributed by atoms with Gasteiger partial charge in [-0.3, -0.25) is 0 Å². The molecule has 3 nitrogen and oxygen atoms in total. The van der Waals surface area contributed by atoms with E-state index in [0.29, 0.717) is 10.2 Å². The lowest BCUT2D eigenvalue weighted by molar-refractivity contribution is 0.0696. The van der Waals surface area contributed by atoms with Crippen molar-refractivity contribution in [2.45, 2.75) is 0 Å². The molecule has 0 fully saturated rings. The SMILES string of the molecule is O=C(O)c1ccc(Oc2ccccc2Br)c(F)c1. The standard InChI is InChI=1S/C13H8BrFO3/c14-9-3-1-2-4-11(9)18-12-6-5-8(13(16)17)7-10(12)15/h1-7H,(H,16,17). The quantitative estimate of drug-likeness (QED) is 0.929. The fraction of sp³-hybridized carbons (Fsp3) is 0. The van der Waals surface area contributed by atoms with Gasteiger partial charge in [-0.1, -0.05) is 12.1 Å². The average Bonchev–Trinajstić information content (AvgIpc) is 2.34. The molecule has 0 radical (unpaired) electrons. The normalized spacial score (nSPS) is 10.1. The summed E-state index contributed by atoms with van der Waals surface area (Å²) in [4.78, 5) is 10.7. The second kappa shape index (κ2) is 5.18. The van der Waals surface area contributed by atoms with E-state index in [1.165, 1.54) is 12.1 Å². The summed E-state index contributed by atoms with van der Waals surface area (Å²) in [6.07, 6.45) is 0. The fourth-order valence-electron chi connectivity index (χ4n) is 1.36. The van der Waals surface area contributed by atoms with Crippen LogP contribution in [0.5, 0.6) is 11.5 Å². The Hall–Kier alpha value is -1.88. The Morgan fingerprint density at radius 1 is 1.17 bits per heavy atom. The summed E-state index contributed by atoms with van der Waals surface area (Å²) in [5.74, 6) is -1.46. The van der Waals surface area contributed by atoms with Gasteiger partial charge in [0, 0.05) is 0 Å². The smallest absolute Gasteiger partial charge is 0.335 e. The van der Waals surface area contributed by atoms with E-state index in [9.17, 15) is 9.18 Å². The molecule has 0 saturated heterocycles. The topological polar surface area (TPSA) is 46.5 Å². The molecule has 0 saturated carbocycles. The zero-order valence-electron chi connectivity index (χ0n) is 9.06. The van der Waals surface area contributed by atoms with E-state index in [-0.39, 0.29) is 11.3 Å². The Morgan fingerprint density at radius 3 is 2.50 bits per heavy atom. The van der Waals surface area contributed by atoms with Gasteiger partial charge >= 0.3 is 5.97 Å². The van der Waals surface area contributed by atoms with E-state index in [1.807, 2.05) is 0 Å². The van der Waals surface area contributed by atoms with Crippen LogP contribution in [0, 0.1) is 5.82 Å². The summed E-state index contributed by atoms with van der Waals surface area (Å²) < 4.78 is 19.7. The number of hydrogen-bond acceptors (Lipinski definition) is 2. The molecule has 0 aromatic heterocycles. The monoisotopic (exact) mass is 310 g/mol. The van der Waals surface area contributed by atoms with Gasteiger partial charge in [0.2, 0.25) is 0 Å². The number of ether oxygens (including phenoxy) is 1. The van der Waals surface area contributed by atoms with Gasteiger partial charge in [0.25, 0.3) is 0 Å². The van der Waals surface area contributed by atoms with Crippen molar-refractivity contribution in [1.82, 2.24) is 0 Å². The molecule has 0 aliphatic heterocycles. The average molecular weight is 311 g/mol. The molecule has 1 N–H and O–H groups in total. The first-order valence-corrected chi connectivity index (χ1v) is 5.82. The maximum Gasteiger partial charge on any atom is 0.335 e. The molecule has 0 amide bonds. The number of carboxylic acids is 1. The molecule has 2 aromatic rings. The minimum absolute atomic E-state index is 0.0214. The third-order valence-corrected chi connectivity index (χ3v) is 2.89.